The Hall–Kier alpha value is -0.0900. The Morgan fingerprint density at radius 3 is 2.82 bits per heavy atom. The van der Waals surface area contributed by atoms with Gasteiger partial charge >= 0.3 is 0 Å². The molecule has 0 spiro atoms. The van der Waals surface area contributed by atoms with Crippen LogP contribution in [0.4, 0.5) is 0 Å². The van der Waals surface area contributed by atoms with Crippen molar-refractivity contribution in [2.24, 2.45) is 0 Å². The summed E-state index contributed by atoms with van der Waals surface area (Å²) >= 11 is 2.30. The van der Waals surface area contributed by atoms with Gasteiger partial charge in [0.25, 0.3) is 0 Å². The van der Waals surface area contributed by atoms with Crippen LogP contribution < -0.4 is 0 Å². The number of fused-ring (bicyclic) bond motifs is 1. The third-order valence-corrected chi connectivity index (χ3v) is 3.25. The summed E-state index contributed by atoms with van der Waals surface area (Å²) in [6, 6.07) is 8.12. The Labute approximate surface area is 79.6 Å². The Morgan fingerprint density at radius 2 is 2.09 bits per heavy atom. The fourth-order valence-electron chi connectivity index (χ4n) is 1.53. The van der Waals surface area contributed by atoms with Gasteiger partial charge < -0.3 is 5.11 Å². The van der Waals surface area contributed by atoms with Crippen LogP contribution in [-0.2, 0) is 6.42 Å². The summed E-state index contributed by atoms with van der Waals surface area (Å²) in [5, 5.41) is 9.64. The van der Waals surface area contributed by atoms with Crippen LogP contribution in [-0.4, -0.2) is 9.03 Å². The molecule has 0 fully saturated rings. The van der Waals surface area contributed by atoms with E-state index in [1.54, 1.807) is 0 Å². The molecular formula is C9H9IO. The van der Waals surface area contributed by atoms with Crippen LogP contribution in [0.5, 0.6) is 0 Å². The lowest BCUT2D eigenvalue weighted by Gasteiger charge is -2.05. The molecule has 0 bridgehead atoms. The minimum absolute atomic E-state index is 0.244. The van der Waals surface area contributed by atoms with Gasteiger partial charge in [-0.1, -0.05) is 46.9 Å². The Bertz CT molecular complexity index is 272. The second-order valence-corrected chi connectivity index (χ2v) is 4.46. The smallest absolute Gasteiger partial charge is 0.0913 e. The summed E-state index contributed by atoms with van der Waals surface area (Å²) in [5.41, 5.74) is 2.42. The number of hydrogen-bond acceptors (Lipinski definition) is 1. The molecule has 0 saturated heterocycles. The van der Waals surface area contributed by atoms with E-state index in [9.17, 15) is 5.11 Å². The first-order valence-corrected chi connectivity index (χ1v) is 4.93. The van der Waals surface area contributed by atoms with Crippen LogP contribution >= 0.6 is 22.6 Å². The van der Waals surface area contributed by atoms with Gasteiger partial charge in [0, 0.05) is 3.92 Å². The third-order valence-electron chi connectivity index (χ3n) is 2.13. The normalized spacial score (nSPS) is 28.5. The van der Waals surface area contributed by atoms with Gasteiger partial charge in [-0.15, -0.1) is 0 Å². The molecule has 1 N–H and O–H groups in total. The van der Waals surface area contributed by atoms with Crippen molar-refractivity contribution in [2.75, 3.05) is 0 Å². The fourth-order valence-corrected chi connectivity index (χ4v) is 2.39. The summed E-state index contributed by atoms with van der Waals surface area (Å²) in [4.78, 5) is 0. The maximum absolute atomic E-state index is 9.64. The number of alkyl halides is 1. The molecule has 0 aliphatic heterocycles. The first kappa shape index (κ1) is 7.55. The van der Waals surface area contributed by atoms with Crippen molar-refractivity contribution in [3.8, 4) is 0 Å². The predicted octanol–water partition coefficient (Wildman–Crippen LogP) is 2.08. The molecule has 0 aromatic heterocycles. The van der Waals surface area contributed by atoms with Crippen molar-refractivity contribution in [3.63, 3.8) is 0 Å². The molecule has 0 radical (unpaired) electrons. The van der Waals surface area contributed by atoms with E-state index in [0.717, 1.165) is 12.0 Å². The van der Waals surface area contributed by atoms with E-state index < -0.39 is 0 Å². The minimum Gasteiger partial charge on any atom is -0.387 e. The first-order valence-electron chi connectivity index (χ1n) is 3.69. The average molecular weight is 260 g/mol. The first-order chi connectivity index (χ1) is 5.29. The summed E-state index contributed by atoms with van der Waals surface area (Å²) in [6.45, 7) is 0. The zero-order valence-corrected chi connectivity index (χ0v) is 8.15. The van der Waals surface area contributed by atoms with Crippen LogP contribution in [0.3, 0.4) is 0 Å². The van der Waals surface area contributed by atoms with Crippen molar-refractivity contribution in [1.82, 2.24) is 0 Å². The van der Waals surface area contributed by atoms with E-state index in [4.69, 9.17) is 0 Å². The topological polar surface area (TPSA) is 20.2 Å². The summed E-state index contributed by atoms with van der Waals surface area (Å²) in [6.07, 6.45) is 0.768. The van der Waals surface area contributed by atoms with Crippen molar-refractivity contribution in [2.45, 2.75) is 16.4 Å². The zero-order chi connectivity index (χ0) is 7.84. The van der Waals surface area contributed by atoms with Gasteiger partial charge in [0.05, 0.1) is 6.10 Å². The number of halogens is 1. The van der Waals surface area contributed by atoms with Gasteiger partial charge in [-0.05, 0) is 17.5 Å². The van der Waals surface area contributed by atoms with Crippen molar-refractivity contribution >= 4 is 22.6 Å². The summed E-state index contributed by atoms with van der Waals surface area (Å²) < 4.78 is 0.366. The molecule has 2 rings (SSSR count). The SMILES string of the molecule is O[C@H]1c2ccccc2C[C@H]1I. The molecule has 1 aliphatic rings. The highest BCUT2D eigenvalue weighted by Crippen LogP contribution is 2.35. The molecule has 0 amide bonds. The van der Waals surface area contributed by atoms with Crippen molar-refractivity contribution in [3.05, 3.63) is 35.4 Å². The maximum Gasteiger partial charge on any atom is 0.0913 e. The molecule has 1 nitrogen and oxygen atoms in total. The van der Waals surface area contributed by atoms with Gasteiger partial charge in [-0.3, -0.25) is 0 Å². The van der Waals surface area contributed by atoms with E-state index in [-0.39, 0.29) is 6.10 Å². The molecule has 11 heavy (non-hydrogen) atoms. The molecule has 58 valence electrons. The molecular weight excluding hydrogens is 251 g/mol. The van der Waals surface area contributed by atoms with Crippen LogP contribution in [0, 0.1) is 0 Å². The molecule has 0 unspecified atom stereocenters. The predicted molar refractivity (Wildman–Crippen MR) is 52.9 cm³/mol. The van der Waals surface area contributed by atoms with E-state index in [2.05, 4.69) is 28.7 Å². The number of hydrogen-bond donors (Lipinski definition) is 1. The Balaban J connectivity index is 2.47. The highest BCUT2D eigenvalue weighted by Gasteiger charge is 2.27. The third kappa shape index (κ3) is 1.18. The van der Waals surface area contributed by atoms with Crippen LogP contribution in [0.15, 0.2) is 24.3 Å². The number of aliphatic hydroxyl groups excluding tert-OH is 1. The lowest BCUT2D eigenvalue weighted by Crippen LogP contribution is -2.03. The van der Waals surface area contributed by atoms with Gasteiger partial charge in [-0.25, -0.2) is 0 Å². The lowest BCUT2D eigenvalue weighted by molar-refractivity contribution is 0.190. The number of rotatable bonds is 0. The van der Waals surface area contributed by atoms with Gasteiger partial charge in [0.1, 0.15) is 0 Å². The van der Waals surface area contributed by atoms with Gasteiger partial charge in [0.2, 0.25) is 0 Å². The molecule has 2 heteroatoms. The Morgan fingerprint density at radius 1 is 1.36 bits per heavy atom. The van der Waals surface area contributed by atoms with E-state index in [1.165, 1.54) is 5.56 Å². The lowest BCUT2D eigenvalue weighted by atomic mass is 10.1. The maximum atomic E-state index is 9.64. The van der Waals surface area contributed by atoms with Gasteiger partial charge in [0.15, 0.2) is 0 Å². The number of benzene rings is 1. The Kier molecular flexibility index (Phi) is 1.89. The fraction of sp³-hybridized carbons (Fsp3) is 0.333. The van der Waals surface area contributed by atoms with E-state index in [0.29, 0.717) is 3.92 Å². The van der Waals surface area contributed by atoms with E-state index in [1.807, 2.05) is 18.2 Å². The molecule has 1 aliphatic carbocycles. The zero-order valence-electron chi connectivity index (χ0n) is 6.00. The summed E-state index contributed by atoms with van der Waals surface area (Å²) in [7, 11) is 0. The number of aliphatic hydroxyl groups is 1. The second-order valence-electron chi connectivity index (χ2n) is 2.86. The van der Waals surface area contributed by atoms with Crippen molar-refractivity contribution < 1.29 is 5.11 Å². The van der Waals surface area contributed by atoms with Crippen LogP contribution in [0.2, 0.25) is 0 Å². The average Bonchev–Trinajstić information content (AvgIpc) is 2.30. The highest BCUT2D eigenvalue weighted by molar-refractivity contribution is 14.1. The largest absolute Gasteiger partial charge is 0.387 e. The minimum atomic E-state index is -0.244. The molecule has 2 atom stereocenters. The quantitative estimate of drug-likeness (QED) is 0.559. The summed E-state index contributed by atoms with van der Waals surface area (Å²) in [5.74, 6) is 0. The standard InChI is InChI=1S/C9H9IO/c10-8-5-6-3-1-2-4-7(6)9(8)11/h1-4,8-9,11H,5H2/t8-,9+/m1/s1. The monoisotopic (exact) mass is 260 g/mol. The van der Waals surface area contributed by atoms with E-state index >= 15 is 0 Å². The van der Waals surface area contributed by atoms with Crippen molar-refractivity contribution in [1.29, 1.82) is 0 Å². The molecule has 1 aromatic carbocycles. The van der Waals surface area contributed by atoms with Gasteiger partial charge in [-0.2, -0.15) is 0 Å². The van der Waals surface area contributed by atoms with Crippen LogP contribution in [0.25, 0.3) is 0 Å². The molecule has 1 aromatic rings. The second kappa shape index (κ2) is 2.75. The van der Waals surface area contributed by atoms with Crippen LogP contribution in [0.1, 0.15) is 17.2 Å². The molecule has 0 saturated carbocycles. The molecule has 0 heterocycles. The highest BCUT2D eigenvalue weighted by atomic mass is 127.